The topological polar surface area (TPSA) is 50.0 Å². The summed E-state index contributed by atoms with van der Waals surface area (Å²) in [7, 11) is 0. The molecule has 0 fully saturated rings. The summed E-state index contributed by atoms with van der Waals surface area (Å²) in [6.45, 7) is 8.35. The number of anilines is 1. The summed E-state index contributed by atoms with van der Waals surface area (Å²) in [6.07, 6.45) is 0. The van der Waals surface area contributed by atoms with E-state index in [0.29, 0.717) is 5.75 Å². The van der Waals surface area contributed by atoms with Crippen LogP contribution >= 0.6 is 0 Å². The molecule has 0 saturated heterocycles. The number of hydrogen-bond acceptors (Lipinski definition) is 3. The Kier molecular flexibility index (Phi) is 4.89. The predicted octanol–water partition coefficient (Wildman–Crippen LogP) is 3.64. The number of aryl methyl sites for hydroxylation is 1. The Morgan fingerprint density at radius 2 is 1.95 bits per heavy atom. The lowest BCUT2D eigenvalue weighted by molar-refractivity contribution is 0.368. The average Bonchev–Trinajstić information content (AvgIpc) is 2.77. The summed E-state index contributed by atoms with van der Waals surface area (Å²) in [5, 5.41) is 11.9. The zero-order valence-corrected chi connectivity index (χ0v) is 12.8. The van der Waals surface area contributed by atoms with Crippen LogP contribution in [0.3, 0.4) is 0 Å². The van der Waals surface area contributed by atoms with Gasteiger partial charge in [0.2, 0.25) is 0 Å². The van der Waals surface area contributed by atoms with Crippen LogP contribution in [-0.2, 0) is 13.1 Å². The van der Waals surface area contributed by atoms with E-state index in [0.717, 1.165) is 18.8 Å². The van der Waals surface area contributed by atoms with E-state index in [1.165, 1.54) is 17.0 Å². The van der Waals surface area contributed by atoms with Gasteiger partial charge in [-0.05, 0) is 56.7 Å². The number of benzene rings is 1. The Labute approximate surface area is 126 Å². The zero-order chi connectivity index (χ0) is 15.2. The fraction of sp³-hybridized carbons (Fsp3) is 0.353. The van der Waals surface area contributed by atoms with Gasteiger partial charge in [0, 0.05) is 30.2 Å². The Hall–Kier alpha value is -2.41. The van der Waals surface area contributed by atoms with Gasteiger partial charge in [0.1, 0.15) is 11.8 Å². The first-order valence-electron chi connectivity index (χ1n) is 7.15. The van der Waals surface area contributed by atoms with E-state index in [4.69, 9.17) is 10.00 Å². The standard InChI is InChI=1S/C17H21N3O/c1-4-20-13(2)11-15(14(20)3)12-19-16-5-7-17(8-6-16)21-10-9-18/h5-8,11,19H,4,10,12H2,1-3H3. The van der Waals surface area contributed by atoms with E-state index in [1.54, 1.807) is 0 Å². The monoisotopic (exact) mass is 283 g/mol. The first kappa shape index (κ1) is 15.0. The van der Waals surface area contributed by atoms with E-state index >= 15 is 0 Å². The second-order valence-corrected chi connectivity index (χ2v) is 4.97. The minimum atomic E-state index is 0.0791. The van der Waals surface area contributed by atoms with Crippen LogP contribution in [0.5, 0.6) is 5.75 Å². The van der Waals surface area contributed by atoms with E-state index in [1.807, 2.05) is 30.3 Å². The van der Waals surface area contributed by atoms with E-state index < -0.39 is 0 Å². The van der Waals surface area contributed by atoms with Gasteiger partial charge in [-0.2, -0.15) is 5.26 Å². The minimum absolute atomic E-state index is 0.0791. The molecule has 0 aliphatic heterocycles. The maximum Gasteiger partial charge on any atom is 0.174 e. The Morgan fingerprint density at radius 1 is 1.24 bits per heavy atom. The summed E-state index contributed by atoms with van der Waals surface area (Å²) in [6, 6.07) is 11.9. The van der Waals surface area contributed by atoms with Crippen LogP contribution in [0, 0.1) is 25.2 Å². The number of rotatable bonds is 6. The lowest BCUT2D eigenvalue weighted by Crippen LogP contribution is -2.03. The molecule has 0 unspecified atom stereocenters. The molecular formula is C17H21N3O. The van der Waals surface area contributed by atoms with E-state index in [9.17, 15) is 0 Å². The van der Waals surface area contributed by atoms with Crippen molar-refractivity contribution in [3.8, 4) is 11.8 Å². The van der Waals surface area contributed by atoms with Gasteiger partial charge in [0.15, 0.2) is 6.61 Å². The van der Waals surface area contributed by atoms with Crippen LogP contribution < -0.4 is 10.1 Å². The molecule has 1 aromatic heterocycles. The normalized spacial score (nSPS) is 10.2. The molecule has 1 aromatic carbocycles. The van der Waals surface area contributed by atoms with Gasteiger partial charge >= 0.3 is 0 Å². The second kappa shape index (κ2) is 6.85. The first-order chi connectivity index (χ1) is 10.2. The van der Waals surface area contributed by atoms with Gasteiger partial charge < -0.3 is 14.6 Å². The third kappa shape index (κ3) is 3.57. The largest absolute Gasteiger partial charge is 0.479 e. The lowest BCUT2D eigenvalue weighted by Gasteiger charge is -2.09. The van der Waals surface area contributed by atoms with Crippen molar-refractivity contribution < 1.29 is 4.74 Å². The third-order valence-corrected chi connectivity index (χ3v) is 3.64. The number of hydrogen-bond donors (Lipinski definition) is 1. The van der Waals surface area contributed by atoms with Gasteiger partial charge in [0.25, 0.3) is 0 Å². The van der Waals surface area contributed by atoms with Crippen molar-refractivity contribution in [2.75, 3.05) is 11.9 Å². The zero-order valence-electron chi connectivity index (χ0n) is 12.8. The highest BCUT2D eigenvalue weighted by atomic mass is 16.5. The van der Waals surface area contributed by atoms with Crippen LogP contribution in [-0.4, -0.2) is 11.2 Å². The van der Waals surface area contributed by atoms with Crippen molar-refractivity contribution in [3.05, 3.63) is 47.3 Å². The summed E-state index contributed by atoms with van der Waals surface area (Å²) < 4.78 is 7.55. The van der Waals surface area contributed by atoms with E-state index in [-0.39, 0.29) is 6.61 Å². The fourth-order valence-electron chi connectivity index (χ4n) is 2.52. The molecule has 4 heteroatoms. The molecular weight excluding hydrogens is 262 g/mol. The molecule has 0 bridgehead atoms. The number of nitrogens with one attached hydrogen (secondary N) is 1. The molecule has 0 radical (unpaired) electrons. The van der Waals surface area contributed by atoms with Crippen LogP contribution in [0.1, 0.15) is 23.9 Å². The van der Waals surface area contributed by atoms with Gasteiger partial charge in [-0.15, -0.1) is 0 Å². The molecule has 0 aliphatic rings. The summed E-state index contributed by atoms with van der Waals surface area (Å²) in [5.41, 5.74) is 4.98. The fourth-order valence-corrected chi connectivity index (χ4v) is 2.52. The van der Waals surface area contributed by atoms with Crippen LogP contribution in [0.15, 0.2) is 30.3 Å². The maximum atomic E-state index is 8.47. The highest BCUT2D eigenvalue weighted by Crippen LogP contribution is 2.19. The van der Waals surface area contributed by atoms with Crippen molar-refractivity contribution in [2.45, 2.75) is 33.9 Å². The Balaban J connectivity index is 1.98. The van der Waals surface area contributed by atoms with Gasteiger partial charge in [-0.1, -0.05) is 0 Å². The molecule has 0 atom stereocenters. The van der Waals surface area contributed by atoms with Gasteiger partial charge in [0.05, 0.1) is 0 Å². The van der Waals surface area contributed by atoms with Crippen molar-refractivity contribution in [2.24, 2.45) is 0 Å². The van der Waals surface area contributed by atoms with Crippen LogP contribution in [0.2, 0.25) is 0 Å². The summed E-state index contributed by atoms with van der Waals surface area (Å²) in [4.78, 5) is 0. The summed E-state index contributed by atoms with van der Waals surface area (Å²) in [5.74, 6) is 0.714. The smallest absolute Gasteiger partial charge is 0.174 e. The van der Waals surface area contributed by atoms with Crippen molar-refractivity contribution in [1.29, 1.82) is 5.26 Å². The summed E-state index contributed by atoms with van der Waals surface area (Å²) >= 11 is 0. The highest BCUT2D eigenvalue weighted by molar-refractivity contribution is 5.47. The SMILES string of the molecule is CCn1c(C)cc(CNc2ccc(OCC#N)cc2)c1C. The molecule has 21 heavy (non-hydrogen) atoms. The number of aromatic nitrogens is 1. The molecule has 0 saturated carbocycles. The number of nitriles is 1. The Bertz CT molecular complexity index is 635. The van der Waals surface area contributed by atoms with Crippen LogP contribution in [0.25, 0.3) is 0 Å². The molecule has 0 aliphatic carbocycles. The second-order valence-electron chi connectivity index (χ2n) is 4.97. The minimum Gasteiger partial charge on any atom is -0.479 e. The molecule has 1 heterocycles. The van der Waals surface area contributed by atoms with Crippen LogP contribution in [0.4, 0.5) is 5.69 Å². The molecule has 2 aromatic rings. The first-order valence-corrected chi connectivity index (χ1v) is 7.15. The predicted molar refractivity (Wildman–Crippen MR) is 84.5 cm³/mol. The molecule has 0 amide bonds. The molecule has 2 rings (SSSR count). The van der Waals surface area contributed by atoms with Crippen molar-refractivity contribution in [1.82, 2.24) is 4.57 Å². The highest BCUT2D eigenvalue weighted by Gasteiger charge is 2.07. The molecule has 0 spiro atoms. The lowest BCUT2D eigenvalue weighted by atomic mass is 10.2. The molecule has 4 nitrogen and oxygen atoms in total. The number of nitrogens with zero attached hydrogens (tertiary/aromatic N) is 2. The van der Waals surface area contributed by atoms with Gasteiger partial charge in [-0.25, -0.2) is 0 Å². The van der Waals surface area contributed by atoms with Gasteiger partial charge in [-0.3, -0.25) is 0 Å². The molecule has 110 valence electrons. The van der Waals surface area contributed by atoms with Crippen molar-refractivity contribution in [3.63, 3.8) is 0 Å². The maximum absolute atomic E-state index is 8.47. The third-order valence-electron chi connectivity index (χ3n) is 3.64. The number of ether oxygens (including phenoxy) is 1. The molecule has 1 N–H and O–H groups in total. The quantitative estimate of drug-likeness (QED) is 0.880. The average molecular weight is 283 g/mol. The van der Waals surface area contributed by atoms with E-state index in [2.05, 4.69) is 36.7 Å². The van der Waals surface area contributed by atoms with Crippen molar-refractivity contribution >= 4 is 5.69 Å². The Morgan fingerprint density at radius 3 is 2.52 bits per heavy atom.